The second kappa shape index (κ2) is 5.38. The molecule has 0 heterocycles. The van der Waals surface area contributed by atoms with Gasteiger partial charge in [0.25, 0.3) is 5.92 Å². The molecule has 1 aromatic rings. The Morgan fingerprint density at radius 3 is 2.59 bits per heavy atom. The van der Waals surface area contributed by atoms with Crippen LogP contribution in [0.1, 0.15) is 0 Å². The standard InChI is InChI=1S/C9H10BrF2NO3S/c10-7-2-1-3-8(4-7)17(15,16)13-5-9(11,12)6-14/h1-4,13-14H,5-6H2. The first-order valence-corrected chi connectivity index (χ1v) is 6.78. The van der Waals surface area contributed by atoms with Crippen LogP contribution >= 0.6 is 15.9 Å². The number of sulfonamides is 1. The molecule has 0 unspecified atom stereocenters. The Kier molecular flexibility index (Phi) is 4.59. The fourth-order valence-corrected chi connectivity index (χ4v) is 2.63. The lowest BCUT2D eigenvalue weighted by molar-refractivity contribution is -0.0437. The summed E-state index contributed by atoms with van der Waals surface area (Å²) >= 11 is 3.08. The van der Waals surface area contributed by atoms with E-state index in [0.717, 1.165) is 0 Å². The third kappa shape index (κ3) is 4.30. The first-order valence-electron chi connectivity index (χ1n) is 4.51. The summed E-state index contributed by atoms with van der Waals surface area (Å²) in [5.41, 5.74) is 0. The number of aliphatic hydroxyl groups is 1. The maximum Gasteiger partial charge on any atom is 0.283 e. The molecule has 0 aliphatic heterocycles. The Balaban J connectivity index is 2.83. The first kappa shape index (κ1) is 14.5. The molecule has 2 N–H and O–H groups in total. The fraction of sp³-hybridized carbons (Fsp3) is 0.333. The molecule has 0 saturated carbocycles. The molecule has 1 aromatic carbocycles. The second-order valence-corrected chi connectivity index (χ2v) is 5.98. The second-order valence-electron chi connectivity index (χ2n) is 3.30. The average Bonchev–Trinajstić information content (AvgIpc) is 2.27. The van der Waals surface area contributed by atoms with Crippen LogP contribution in [0, 0.1) is 0 Å². The Morgan fingerprint density at radius 1 is 1.41 bits per heavy atom. The van der Waals surface area contributed by atoms with Crippen LogP contribution in [0.5, 0.6) is 0 Å². The van der Waals surface area contributed by atoms with Gasteiger partial charge in [0.15, 0.2) is 0 Å². The zero-order chi connectivity index (χ0) is 13.1. The van der Waals surface area contributed by atoms with E-state index in [4.69, 9.17) is 5.11 Å². The number of nitrogens with one attached hydrogen (secondary N) is 1. The molecule has 0 aromatic heterocycles. The molecule has 0 spiro atoms. The number of halogens is 3. The van der Waals surface area contributed by atoms with Gasteiger partial charge in [0, 0.05) is 4.47 Å². The number of hydrogen-bond acceptors (Lipinski definition) is 3. The third-order valence-corrected chi connectivity index (χ3v) is 3.75. The molecule has 17 heavy (non-hydrogen) atoms. The number of hydrogen-bond donors (Lipinski definition) is 2. The van der Waals surface area contributed by atoms with E-state index in [1.807, 2.05) is 0 Å². The van der Waals surface area contributed by atoms with E-state index in [2.05, 4.69) is 15.9 Å². The van der Waals surface area contributed by atoms with Crippen molar-refractivity contribution in [3.05, 3.63) is 28.7 Å². The predicted octanol–water partition coefficient (Wildman–Crippen LogP) is 1.35. The van der Waals surface area contributed by atoms with Gasteiger partial charge in [0.2, 0.25) is 10.0 Å². The Bertz CT molecular complexity index is 493. The SMILES string of the molecule is O=S(=O)(NCC(F)(F)CO)c1cccc(Br)c1. The van der Waals surface area contributed by atoms with Gasteiger partial charge in [-0.2, -0.15) is 0 Å². The molecule has 0 radical (unpaired) electrons. The minimum atomic E-state index is -4.00. The average molecular weight is 330 g/mol. The van der Waals surface area contributed by atoms with Gasteiger partial charge in [-0.25, -0.2) is 21.9 Å². The maximum absolute atomic E-state index is 12.7. The molecule has 0 atom stereocenters. The largest absolute Gasteiger partial charge is 0.390 e. The van der Waals surface area contributed by atoms with E-state index in [-0.39, 0.29) is 4.90 Å². The maximum atomic E-state index is 12.7. The molecule has 0 saturated heterocycles. The molecule has 0 aliphatic carbocycles. The molecule has 8 heteroatoms. The molecular weight excluding hydrogens is 320 g/mol. The Morgan fingerprint density at radius 2 is 2.06 bits per heavy atom. The van der Waals surface area contributed by atoms with Crippen molar-refractivity contribution >= 4 is 26.0 Å². The Hall–Kier alpha value is -0.570. The van der Waals surface area contributed by atoms with Crippen LogP contribution < -0.4 is 4.72 Å². The van der Waals surface area contributed by atoms with E-state index in [1.165, 1.54) is 18.2 Å². The van der Waals surface area contributed by atoms with Crippen molar-refractivity contribution in [2.24, 2.45) is 0 Å². The highest BCUT2D eigenvalue weighted by Crippen LogP contribution is 2.17. The quantitative estimate of drug-likeness (QED) is 0.857. The minimum absolute atomic E-state index is 0.124. The van der Waals surface area contributed by atoms with E-state index in [0.29, 0.717) is 4.47 Å². The highest BCUT2D eigenvalue weighted by Gasteiger charge is 2.30. The molecule has 0 amide bonds. The van der Waals surface area contributed by atoms with Gasteiger partial charge >= 0.3 is 0 Å². The number of alkyl halides is 2. The highest BCUT2D eigenvalue weighted by atomic mass is 79.9. The fourth-order valence-electron chi connectivity index (χ4n) is 0.974. The molecule has 1 rings (SSSR count). The summed E-state index contributed by atoms with van der Waals surface area (Å²) in [4.78, 5) is -0.124. The normalized spacial score (nSPS) is 12.7. The monoisotopic (exact) mass is 329 g/mol. The van der Waals surface area contributed by atoms with Gasteiger partial charge in [-0.3, -0.25) is 0 Å². The molecule has 96 valence electrons. The van der Waals surface area contributed by atoms with Gasteiger partial charge in [0.05, 0.1) is 11.4 Å². The van der Waals surface area contributed by atoms with E-state index >= 15 is 0 Å². The third-order valence-electron chi connectivity index (χ3n) is 1.86. The lowest BCUT2D eigenvalue weighted by Gasteiger charge is -2.14. The zero-order valence-electron chi connectivity index (χ0n) is 8.53. The van der Waals surface area contributed by atoms with Gasteiger partial charge in [-0.05, 0) is 18.2 Å². The molecule has 0 bridgehead atoms. The molecule has 0 fully saturated rings. The van der Waals surface area contributed by atoms with Gasteiger partial charge in [-0.15, -0.1) is 0 Å². The lowest BCUT2D eigenvalue weighted by Crippen LogP contribution is -2.38. The first-order chi connectivity index (χ1) is 7.77. The summed E-state index contributed by atoms with van der Waals surface area (Å²) in [7, 11) is -4.00. The summed E-state index contributed by atoms with van der Waals surface area (Å²) in [6.07, 6.45) is 0. The van der Waals surface area contributed by atoms with Gasteiger partial charge in [0.1, 0.15) is 6.61 Å². The molecular formula is C9H10BrF2NO3S. The van der Waals surface area contributed by atoms with Crippen molar-refractivity contribution in [2.75, 3.05) is 13.2 Å². The summed E-state index contributed by atoms with van der Waals surface area (Å²) in [5, 5.41) is 8.31. The van der Waals surface area contributed by atoms with Crippen LogP contribution in [0.3, 0.4) is 0 Å². The highest BCUT2D eigenvalue weighted by molar-refractivity contribution is 9.10. The van der Waals surface area contributed by atoms with Crippen LogP contribution in [0.4, 0.5) is 8.78 Å². The van der Waals surface area contributed by atoms with Crippen LogP contribution in [0.25, 0.3) is 0 Å². The van der Waals surface area contributed by atoms with Crippen molar-refractivity contribution in [1.29, 1.82) is 0 Å². The number of rotatable bonds is 5. The smallest absolute Gasteiger partial charge is 0.283 e. The summed E-state index contributed by atoms with van der Waals surface area (Å²) < 4.78 is 50.8. The van der Waals surface area contributed by atoms with E-state index in [1.54, 1.807) is 10.8 Å². The number of benzene rings is 1. The van der Waals surface area contributed by atoms with Gasteiger partial charge in [-0.1, -0.05) is 22.0 Å². The predicted molar refractivity (Wildman–Crippen MR) is 61.4 cm³/mol. The molecule has 0 aliphatic rings. The summed E-state index contributed by atoms with van der Waals surface area (Å²) in [6, 6.07) is 5.66. The van der Waals surface area contributed by atoms with Crippen molar-refractivity contribution in [3.63, 3.8) is 0 Å². The van der Waals surface area contributed by atoms with Crippen LogP contribution in [0.2, 0.25) is 0 Å². The van der Waals surface area contributed by atoms with Crippen molar-refractivity contribution in [3.8, 4) is 0 Å². The Labute approximate surface area is 106 Å². The van der Waals surface area contributed by atoms with E-state index < -0.39 is 29.1 Å². The van der Waals surface area contributed by atoms with Gasteiger partial charge < -0.3 is 5.11 Å². The van der Waals surface area contributed by atoms with Crippen molar-refractivity contribution in [2.45, 2.75) is 10.8 Å². The van der Waals surface area contributed by atoms with Crippen LogP contribution in [-0.2, 0) is 10.0 Å². The zero-order valence-corrected chi connectivity index (χ0v) is 10.9. The van der Waals surface area contributed by atoms with Crippen molar-refractivity contribution in [1.82, 2.24) is 4.72 Å². The van der Waals surface area contributed by atoms with Crippen molar-refractivity contribution < 1.29 is 22.3 Å². The van der Waals surface area contributed by atoms with Crippen LogP contribution in [-0.4, -0.2) is 32.6 Å². The van der Waals surface area contributed by atoms with Crippen LogP contribution in [0.15, 0.2) is 33.6 Å². The minimum Gasteiger partial charge on any atom is -0.390 e. The summed E-state index contributed by atoms with van der Waals surface area (Å²) in [5.74, 6) is -3.47. The molecule has 4 nitrogen and oxygen atoms in total. The lowest BCUT2D eigenvalue weighted by atomic mass is 10.4. The topological polar surface area (TPSA) is 66.4 Å². The van der Waals surface area contributed by atoms with E-state index in [9.17, 15) is 17.2 Å². The number of aliphatic hydroxyl groups excluding tert-OH is 1. The summed E-state index contributed by atoms with van der Waals surface area (Å²) in [6.45, 7) is -2.55.